The van der Waals surface area contributed by atoms with Crippen molar-refractivity contribution < 1.29 is 23.1 Å². The van der Waals surface area contributed by atoms with Crippen molar-refractivity contribution in [3.05, 3.63) is 0 Å². The smallest absolute Gasteiger partial charge is 0.323 e. The van der Waals surface area contributed by atoms with Crippen LogP contribution in [0.15, 0.2) is 0 Å². The number of carboxylic acids is 1. The number of piperidine rings is 1. The summed E-state index contributed by atoms with van der Waals surface area (Å²) in [5.74, 6) is -1.45. The molecule has 20 heavy (non-hydrogen) atoms. The van der Waals surface area contributed by atoms with Gasteiger partial charge in [-0.05, 0) is 26.7 Å². The Morgan fingerprint density at radius 3 is 2.20 bits per heavy atom. The minimum Gasteiger partial charge on any atom is -0.480 e. The van der Waals surface area contributed by atoms with E-state index in [1.54, 1.807) is 13.8 Å². The SMILES string of the molecule is CCN(CC(=O)O)C(=O)C1CCN(S(=O)(=O)CC)CC1. The highest BCUT2D eigenvalue weighted by Gasteiger charge is 2.32. The summed E-state index contributed by atoms with van der Waals surface area (Å²) in [5.41, 5.74) is 0. The number of nitrogens with zero attached hydrogens (tertiary/aromatic N) is 2. The van der Waals surface area contributed by atoms with Crippen LogP contribution >= 0.6 is 0 Å². The van der Waals surface area contributed by atoms with Crippen LogP contribution in [0.25, 0.3) is 0 Å². The number of carbonyl (C=O) groups excluding carboxylic acids is 1. The first-order valence-electron chi connectivity index (χ1n) is 6.80. The van der Waals surface area contributed by atoms with Crippen molar-refractivity contribution in [2.45, 2.75) is 26.7 Å². The minimum absolute atomic E-state index is 0.0612. The Labute approximate surface area is 119 Å². The largest absolute Gasteiger partial charge is 0.480 e. The Balaban J connectivity index is 2.60. The molecule has 116 valence electrons. The molecule has 0 spiro atoms. The monoisotopic (exact) mass is 306 g/mol. The van der Waals surface area contributed by atoms with Crippen molar-refractivity contribution in [1.82, 2.24) is 9.21 Å². The maximum Gasteiger partial charge on any atom is 0.323 e. The quantitative estimate of drug-likeness (QED) is 0.744. The third-order valence-corrected chi connectivity index (χ3v) is 5.46. The Bertz CT molecular complexity index is 454. The van der Waals surface area contributed by atoms with E-state index in [-0.39, 0.29) is 24.1 Å². The normalized spacial score (nSPS) is 17.9. The van der Waals surface area contributed by atoms with Gasteiger partial charge in [0.1, 0.15) is 6.54 Å². The van der Waals surface area contributed by atoms with Crippen LogP contribution in [-0.4, -0.2) is 66.5 Å². The second-order valence-corrected chi connectivity index (χ2v) is 7.08. The number of carbonyl (C=O) groups is 2. The lowest BCUT2D eigenvalue weighted by Crippen LogP contribution is -2.45. The highest BCUT2D eigenvalue weighted by Crippen LogP contribution is 2.21. The number of hydrogen-bond acceptors (Lipinski definition) is 4. The first-order valence-corrected chi connectivity index (χ1v) is 8.41. The first kappa shape index (κ1) is 16.9. The second-order valence-electron chi connectivity index (χ2n) is 4.82. The fraction of sp³-hybridized carbons (Fsp3) is 0.833. The van der Waals surface area contributed by atoms with Crippen molar-refractivity contribution in [3.63, 3.8) is 0 Å². The maximum atomic E-state index is 12.2. The van der Waals surface area contributed by atoms with Gasteiger partial charge in [-0.15, -0.1) is 0 Å². The zero-order valence-electron chi connectivity index (χ0n) is 11.9. The molecule has 0 atom stereocenters. The lowest BCUT2D eigenvalue weighted by molar-refractivity contribution is -0.146. The van der Waals surface area contributed by atoms with Gasteiger partial charge in [-0.1, -0.05) is 0 Å². The summed E-state index contributed by atoms with van der Waals surface area (Å²) in [4.78, 5) is 24.2. The fourth-order valence-corrected chi connectivity index (χ4v) is 3.46. The number of aliphatic carboxylic acids is 1. The lowest BCUT2D eigenvalue weighted by Gasteiger charge is -2.32. The van der Waals surface area contributed by atoms with Crippen molar-refractivity contribution in [2.75, 3.05) is 31.9 Å². The molecule has 0 saturated carbocycles. The van der Waals surface area contributed by atoms with Gasteiger partial charge in [-0.3, -0.25) is 9.59 Å². The lowest BCUT2D eigenvalue weighted by atomic mass is 9.96. The van der Waals surface area contributed by atoms with Crippen LogP contribution < -0.4 is 0 Å². The molecule has 1 fully saturated rings. The minimum atomic E-state index is -3.20. The van der Waals surface area contributed by atoms with Crippen LogP contribution in [0.4, 0.5) is 0 Å². The molecule has 0 aromatic heterocycles. The number of carboxylic acid groups (broad SMARTS) is 1. The molecule has 0 unspecified atom stereocenters. The molecule has 8 heteroatoms. The topological polar surface area (TPSA) is 95.0 Å². The van der Waals surface area contributed by atoms with Gasteiger partial charge in [0.25, 0.3) is 0 Å². The number of amides is 1. The molecule has 0 radical (unpaired) electrons. The molecular formula is C12H22N2O5S. The van der Waals surface area contributed by atoms with Gasteiger partial charge in [0.15, 0.2) is 0 Å². The highest BCUT2D eigenvalue weighted by molar-refractivity contribution is 7.89. The van der Waals surface area contributed by atoms with Gasteiger partial charge < -0.3 is 10.0 Å². The summed E-state index contributed by atoms with van der Waals surface area (Å²) in [5, 5.41) is 8.76. The number of hydrogen-bond donors (Lipinski definition) is 1. The molecule has 1 heterocycles. The average Bonchev–Trinajstić information content (AvgIpc) is 2.44. The standard InChI is InChI=1S/C12H22N2O5S/c1-3-13(9-11(15)16)12(17)10-5-7-14(8-6-10)20(18,19)4-2/h10H,3-9H2,1-2H3,(H,15,16). The van der Waals surface area contributed by atoms with Crippen LogP contribution in [-0.2, 0) is 19.6 Å². The molecule has 0 aliphatic carbocycles. The molecule has 1 amide bonds. The van der Waals surface area contributed by atoms with E-state index >= 15 is 0 Å². The average molecular weight is 306 g/mol. The van der Waals surface area contributed by atoms with Crippen LogP contribution in [0.1, 0.15) is 26.7 Å². The molecule has 0 bridgehead atoms. The molecule has 7 nitrogen and oxygen atoms in total. The third kappa shape index (κ3) is 4.17. The van der Waals surface area contributed by atoms with E-state index in [1.165, 1.54) is 9.21 Å². The number of rotatable bonds is 6. The van der Waals surface area contributed by atoms with E-state index in [2.05, 4.69) is 0 Å². The summed E-state index contributed by atoms with van der Waals surface area (Å²) in [7, 11) is -3.20. The van der Waals surface area contributed by atoms with E-state index in [4.69, 9.17) is 5.11 Å². The first-order chi connectivity index (χ1) is 9.31. The molecule has 1 N–H and O–H groups in total. The van der Waals surface area contributed by atoms with Crippen molar-refractivity contribution in [1.29, 1.82) is 0 Å². The van der Waals surface area contributed by atoms with Gasteiger partial charge in [0, 0.05) is 25.6 Å². The van der Waals surface area contributed by atoms with Crippen LogP contribution in [0, 0.1) is 5.92 Å². The van der Waals surface area contributed by atoms with Gasteiger partial charge in [0.2, 0.25) is 15.9 Å². The third-order valence-electron chi connectivity index (χ3n) is 3.58. The summed E-state index contributed by atoms with van der Waals surface area (Å²) in [6.45, 7) is 4.03. The zero-order valence-corrected chi connectivity index (χ0v) is 12.7. The molecule has 1 rings (SSSR count). The number of likely N-dealkylation sites (N-methyl/N-ethyl adjacent to an activating group) is 1. The van der Waals surface area contributed by atoms with E-state index < -0.39 is 16.0 Å². The predicted octanol–water partition coefficient (Wildman–Crippen LogP) is -0.0188. The van der Waals surface area contributed by atoms with Crippen molar-refractivity contribution >= 4 is 21.9 Å². The second kappa shape index (κ2) is 7.03. The van der Waals surface area contributed by atoms with E-state index in [0.29, 0.717) is 32.5 Å². The summed E-state index contributed by atoms with van der Waals surface area (Å²) < 4.78 is 24.8. The zero-order chi connectivity index (χ0) is 15.3. The molecule has 1 aliphatic heterocycles. The highest BCUT2D eigenvalue weighted by atomic mass is 32.2. The van der Waals surface area contributed by atoms with E-state index in [0.717, 1.165) is 0 Å². The summed E-state index contributed by atoms with van der Waals surface area (Å²) >= 11 is 0. The molecule has 0 aromatic carbocycles. The summed E-state index contributed by atoms with van der Waals surface area (Å²) in [6.07, 6.45) is 0.905. The fourth-order valence-electron chi connectivity index (χ4n) is 2.33. The number of sulfonamides is 1. The Kier molecular flexibility index (Phi) is 5.94. The molecule has 1 aliphatic rings. The predicted molar refractivity (Wildman–Crippen MR) is 73.6 cm³/mol. The Hall–Kier alpha value is -1.15. The van der Waals surface area contributed by atoms with Gasteiger partial charge in [-0.2, -0.15) is 0 Å². The van der Waals surface area contributed by atoms with Crippen molar-refractivity contribution in [3.8, 4) is 0 Å². The molecule has 0 aromatic rings. The van der Waals surface area contributed by atoms with Crippen LogP contribution in [0.3, 0.4) is 0 Å². The van der Waals surface area contributed by atoms with Crippen LogP contribution in [0.5, 0.6) is 0 Å². The van der Waals surface area contributed by atoms with E-state index in [9.17, 15) is 18.0 Å². The maximum absolute atomic E-state index is 12.2. The van der Waals surface area contributed by atoms with Gasteiger partial charge >= 0.3 is 5.97 Å². The van der Waals surface area contributed by atoms with Crippen molar-refractivity contribution in [2.24, 2.45) is 5.92 Å². The van der Waals surface area contributed by atoms with Gasteiger partial charge in [-0.25, -0.2) is 12.7 Å². The Morgan fingerprint density at radius 2 is 1.80 bits per heavy atom. The Morgan fingerprint density at radius 1 is 1.25 bits per heavy atom. The molecule has 1 saturated heterocycles. The van der Waals surface area contributed by atoms with Gasteiger partial charge in [0.05, 0.1) is 5.75 Å². The van der Waals surface area contributed by atoms with E-state index in [1.807, 2.05) is 0 Å². The molecular weight excluding hydrogens is 284 g/mol. The van der Waals surface area contributed by atoms with Crippen LogP contribution in [0.2, 0.25) is 0 Å². The summed E-state index contributed by atoms with van der Waals surface area (Å²) in [6, 6.07) is 0.